The van der Waals surface area contributed by atoms with Gasteiger partial charge in [0.05, 0.1) is 0 Å². The van der Waals surface area contributed by atoms with Crippen LogP contribution in [0.3, 0.4) is 0 Å². The standard InChI is InChI=1S/C13H13F2N3O4/c1-20-12-5-11(22-13(12)19)10(17-18-16)6-21-9-3-7(14)2-8(15)4-9/h2-4,10-12H,5-6H2,1H3/t10-,11-,12+/m0/s1. The molecular formula is C13H13F2N3O4. The molecule has 0 aliphatic carbocycles. The van der Waals surface area contributed by atoms with Crippen LogP contribution < -0.4 is 4.74 Å². The highest BCUT2D eigenvalue weighted by atomic mass is 19.1. The first-order chi connectivity index (χ1) is 10.5. The van der Waals surface area contributed by atoms with Crippen LogP contribution >= 0.6 is 0 Å². The predicted octanol–water partition coefficient (Wildman–Crippen LogP) is 2.35. The van der Waals surface area contributed by atoms with Gasteiger partial charge in [0.1, 0.15) is 36.1 Å². The molecule has 1 saturated heterocycles. The summed E-state index contributed by atoms with van der Waals surface area (Å²) in [6.07, 6.45) is -1.24. The maximum absolute atomic E-state index is 13.1. The zero-order valence-electron chi connectivity index (χ0n) is 11.6. The number of azide groups is 1. The largest absolute Gasteiger partial charge is 0.493 e. The fourth-order valence-corrected chi connectivity index (χ4v) is 2.08. The van der Waals surface area contributed by atoms with Crippen molar-refractivity contribution in [3.8, 4) is 5.75 Å². The van der Waals surface area contributed by atoms with Crippen LogP contribution in [0.4, 0.5) is 8.78 Å². The van der Waals surface area contributed by atoms with E-state index in [-0.39, 0.29) is 18.8 Å². The second-order valence-corrected chi connectivity index (χ2v) is 4.62. The maximum Gasteiger partial charge on any atom is 0.335 e. The van der Waals surface area contributed by atoms with E-state index in [4.69, 9.17) is 19.7 Å². The van der Waals surface area contributed by atoms with Crippen LogP contribution in [0.5, 0.6) is 5.75 Å². The molecule has 0 bridgehead atoms. The zero-order chi connectivity index (χ0) is 16.1. The minimum absolute atomic E-state index is 0.0525. The number of carbonyl (C=O) groups excluding carboxylic acids is 1. The van der Waals surface area contributed by atoms with Gasteiger partial charge in [-0.1, -0.05) is 5.11 Å². The fraction of sp³-hybridized carbons (Fsp3) is 0.462. The number of hydrogen-bond acceptors (Lipinski definition) is 5. The summed E-state index contributed by atoms with van der Waals surface area (Å²) in [6, 6.07) is 1.86. The van der Waals surface area contributed by atoms with Gasteiger partial charge in [0.2, 0.25) is 0 Å². The molecule has 3 atom stereocenters. The lowest BCUT2D eigenvalue weighted by Gasteiger charge is -2.18. The summed E-state index contributed by atoms with van der Waals surface area (Å²) in [5.74, 6) is -2.19. The molecule has 1 aromatic carbocycles. The lowest BCUT2D eigenvalue weighted by atomic mass is 10.1. The molecule has 0 N–H and O–H groups in total. The van der Waals surface area contributed by atoms with Crippen molar-refractivity contribution < 1.29 is 27.8 Å². The van der Waals surface area contributed by atoms with Crippen LogP contribution in [0.15, 0.2) is 23.3 Å². The average Bonchev–Trinajstić information content (AvgIpc) is 2.83. The van der Waals surface area contributed by atoms with E-state index in [1.165, 1.54) is 7.11 Å². The van der Waals surface area contributed by atoms with E-state index >= 15 is 0 Å². The third-order valence-corrected chi connectivity index (χ3v) is 3.15. The molecule has 1 aliphatic rings. The number of carbonyl (C=O) groups is 1. The van der Waals surface area contributed by atoms with Gasteiger partial charge in [0.25, 0.3) is 0 Å². The van der Waals surface area contributed by atoms with E-state index in [2.05, 4.69) is 10.0 Å². The Morgan fingerprint density at radius 1 is 1.45 bits per heavy atom. The third-order valence-electron chi connectivity index (χ3n) is 3.15. The minimum Gasteiger partial charge on any atom is -0.493 e. The quantitative estimate of drug-likeness (QED) is 0.349. The normalized spacial score (nSPS) is 21.9. The van der Waals surface area contributed by atoms with E-state index in [1.807, 2.05) is 0 Å². The van der Waals surface area contributed by atoms with Crippen molar-refractivity contribution in [2.45, 2.75) is 24.7 Å². The monoisotopic (exact) mass is 313 g/mol. The number of cyclic esters (lactones) is 1. The lowest BCUT2D eigenvalue weighted by molar-refractivity contribution is -0.149. The van der Waals surface area contributed by atoms with Gasteiger partial charge in [-0.3, -0.25) is 0 Å². The summed E-state index contributed by atoms with van der Waals surface area (Å²) in [4.78, 5) is 14.1. The number of esters is 1. The van der Waals surface area contributed by atoms with E-state index < -0.39 is 35.9 Å². The van der Waals surface area contributed by atoms with Gasteiger partial charge >= 0.3 is 5.97 Å². The van der Waals surface area contributed by atoms with Crippen LogP contribution in [-0.2, 0) is 14.3 Å². The fourth-order valence-electron chi connectivity index (χ4n) is 2.08. The van der Waals surface area contributed by atoms with E-state index in [1.54, 1.807) is 0 Å². The highest BCUT2D eigenvalue weighted by Gasteiger charge is 2.39. The second kappa shape index (κ2) is 7.06. The third kappa shape index (κ3) is 3.84. The van der Waals surface area contributed by atoms with Gasteiger partial charge in [-0.25, -0.2) is 13.6 Å². The molecule has 1 aliphatic heterocycles. The Bertz CT molecular complexity index is 587. The smallest absolute Gasteiger partial charge is 0.335 e. The SMILES string of the molecule is CO[C@@H]1C[C@@H]([C@H](COc2cc(F)cc(F)c2)N=[N+]=[N-])OC1=O. The average molecular weight is 313 g/mol. The highest BCUT2D eigenvalue weighted by molar-refractivity contribution is 5.77. The summed E-state index contributed by atoms with van der Waals surface area (Å²) in [6.45, 7) is -0.193. The van der Waals surface area contributed by atoms with Crippen molar-refractivity contribution in [1.29, 1.82) is 0 Å². The zero-order valence-corrected chi connectivity index (χ0v) is 11.6. The number of nitrogens with zero attached hydrogens (tertiary/aromatic N) is 3. The summed E-state index contributed by atoms with van der Waals surface area (Å²) in [5.41, 5.74) is 8.58. The Balaban J connectivity index is 2.03. The van der Waals surface area contributed by atoms with Crippen molar-refractivity contribution in [1.82, 2.24) is 0 Å². The van der Waals surface area contributed by atoms with Crippen molar-refractivity contribution in [2.75, 3.05) is 13.7 Å². The number of halogens is 2. The molecule has 0 unspecified atom stereocenters. The molecule has 7 nitrogen and oxygen atoms in total. The van der Waals surface area contributed by atoms with E-state index in [0.29, 0.717) is 6.07 Å². The molecule has 0 aromatic heterocycles. The molecule has 2 rings (SSSR count). The van der Waals surface area contributed by atoms with Gasteiger partial charge in [-0.2, -0.15) is 0 Å². The Morgan fingerprint density at radius 2 is 2.14 bits per heavy atom. The first-order valence-electron chi connectivity index (χ1n) is 6.40. The molecule has 0 spiro atoms. The van der Waals surface area contributed by atoms with Crippen LogP contribution in [0.2, 0.25) is 0 Å². The number of hydrogen-bond donors (Lipinski definition) is 0. The van der Waals surface area contributed by atoms with Crippen molar-refractivity contribution in [3.63, 3.8) is 0 Å². The van der Waals surface area contributed by atoms with Crippen LogP contribution in [0, 0.1) is 11.6 Å². The lowest BCUT2D eigenvalue weighted by Crippen LogP contribution is -2.30. The molecule has 9 heteroatoms. The number of ether oxygens (including phenoxy) is 3. The van der Waals surface area contributed by atoms with Crippen LogP contribution in [0.1, 0.15) is 6.42 Å². The first kappa shape index (κ1) is 16.0. The van der Waals surface area contributed by atoms with E-state index in [0.717, 1.165) is 12.1 Å². The first-order valence-corrected chi connectivity index (χ1v) is 6.40. The Labute approximate surface area is 124 Å². The minimum atomic E-state index is -0.833. The van der Waals surface area contributed by atoms with Gasteiger partial charge < -0.3 is 14.2 Å². The van der Waals surface area contributed by atoms with Crippen molar-refractivity contribution in [3.05, 3.63) is 40.3 Å². The second-order valence-electron chi connectivity index (χ2n) is 4.62. The summed E-state index contributed by atoms with van der Waals surface area (Å²) in [5, 5.41) is 3.50. The Hall–Kier alpha value is -2.38. The molecule has 118 valence electrons. The summed E-state index contributed by atoms with van der Waals surface area (Å²) in [7, 11) is 1.36. The predicted molar refractivity (Wildman–Crippen MR) is 70.1 cm³/mol. The van der Waals surface area contributed by atoms with E-state index in [9.17, 15) is 13.6 Å². The molecule has 22 heavy (non-hydrogen) atoms. The summed E-state index contributed by atoms with van der Waals surface area (Å²) < 4.78 is 41.3. The van der Waals surface area contributed by atoms with Gasteiger partial charge in [-0.05, 0) is 5.53 Å². The molecule has 1 fully saturated rings. The molecule has 0 saturated carbocycles. The van der Waals surface area contributed by atoms with Gasteiger partial charge in [0.15, 0.2) is 6.10 Å². The number of rotatable bonds is 6. The Kier molecular flexibility index (Phi) is 5.13. The topological polar surface area (TPSA) is 93.5 Å². The molecule has 1 heterocycles. The molecular weight excluding hydrogens is 300 g/mol. The molecule has 1 aromatic rings. The van der Waals surface area contributed by atoms with Gasteiger partial charge in [-0.15, -0.1) is 0 Å². The van der Waals surface area contributed by atoms with Crippen LogP contribution in [-0.4, -0.2) is 37.9 Å². The number of benzene rings is 1. The maximum atomic E-state index is 13.1. The summed E-state index contributed by atoms with van der Waals surface area (Å²) >= 11 is 0. The highest BCUT2D eigenvalue weighted by Crippen LogP contribution is 2.23. The molecule has 0 amide bonds. The van der Waals surface area contributed by atoms with Crippen molar-refractivity contribution >= 4 is 5.97 Å². The number of methoxy groups -OCH3 is 1. The van der Waals surface area contributed by atoms with Crippen molar-refractivity contribution in [2.24, 2.45) is 5.11 Å². The molecule has 0 radical (unpaired) electrons. The Morgan fingerprint density at radius 3 is 2.68 bits per heavy atom. The van der Waals surface area contributed by atoms with Gasteiger partial charge in [0, 0.05) is 36.6 Å². The van der Waals surface area contributed by atoms with Crippen LogP contribution in [0.25, 0.3) is 10.4 Å².